The van der Waals surface area contributed by atoms with E-state index in [2.05, 4.69) is 10.6 Å². The SMILES string of the molecule is COCCN1CC(=O)N[C@H]2CN(C(=O)CNC(C)=O)C[C@@H]2OCc2cccc(c2)Oc2cc(ccc2OC)CCC1=O. The monoisotopic (exact) mass is 582 g/mol. The third-order valence-corrected chi connectivity index (χ3v) is 7.15. The van der Waals surface area contributed by atoms with E-state index < -0.39 is 12.1 Å². The van der Waals surface area contributed by atoms with Gasteiger partial charge < -0.3 is 39.4 Å². The van der Waals surface area contributed by atoms with Gasteiger partial charge in [0.25, 0.3) is 0 Å². The number of nitrogens with one attached hydrogen (secondary N) is 2. The van der Waals surface area contributed by atoms with Gasteiger partial charge in [-0.25, -0.2) is 0 Å². The van der Waals surface area contributed by atoms with Crippen molar-refractivity contribution in [2.75, 3.05) is 53.6 Å². The van der Waals surface area contributed by atoms with Crippen LogP contribution >= 0.6 is 0 Å². The molecule has 1 saturated heterocycles. The minimum absolute atomic E-state index is 0.147. The van der Waals surface area contributed by atoms with E-state index in [1.54, 1.807) is 18.1 Å². The fourth-order valence-corrected chi connectivity index (χ4v) is 4.91. The topological polar surface area (TPSA) is 136 Å². The first-order valence-electron chi connectivity index (χ1n) is 13.9. The molecule has 12 heteroatoms. The van der Waals surface area contributed by atoms with E-state index >= 15 is 0 Å². The Balaban J connectivity index is 1.61. The number of hydrogen-bond acceptors (Lipinski definition) is 8. The Kier molecular flexibility index (Phi) is 10.7. The molecule has 2 atom stereocenters. The van der Waals surface area contributed by atoms with Gasteiger partial charge in [0.05, 0.1) is 45.6 Å². The molecule has 2 N–H and O–H groups in total. The summed E-state index contributed by atoms with van der Waals surface area (Å²) < 4.78 is 23.1. The summed E-state index contributed by atoms with van der Waals surface area (Å²) in [6.07, 6.45) is 0.103. The Morgan fingerprint density at radius 3 is 2.67 bits per heavy atom. The second-order valence-electron chi connectivity index (χ2n) is 10.3. The predicted octanol–water partition coefficient (Wildman–Crippen LogP) is 1.26. The molecule has 4 rings (SSSR count). The molecular formula is C30H38N4O8. The molecule has 2 aliphatic heterocycles. The summed E-state index contributed by atoms with van der Waals surface area (Å²) in [5.74, 6) is 0.503. The van der Waals surface area contributed by atoms with Crippen LogP contribution in [0.3, 0.4) is 0 Å². The molecule has 0 saturated carbocycles. The smallest absolute Gasteiger partial charge is 0.242 e. The summed E-state index contributed by atoms with van der Waals surface area (Å²) >= 11 is 0. The van der Waals surface area contributed by atoms with E-state index in [1.165, 1.54) is 18.9 Å². The van der Waals surface area contributed by atoms with Crippen molar-refractivity contribution < 1.29 is 38.1 Å². The largest absolute Gasteiger partial charge is 0.493 e. The summed E-state index contributed by atoms with van der Waals surface area (Å²) in [5, 5.41) is 5.48. The van der Waals surface area contributed by atoms with Crippen LogP contribution < -0.4 is 20.1 Å². The zero-order chi connectivity index (χ0) is 30.1. The maximum atomic E-state index is 13.2. The van der Waals surface area contributed by atoms with Gasteiger partial charge in [-0.3, -0.25) is 19.2 Å². The lowest BCUT2D eigenvalue weighted by atomic mass is 10.1. The van der Waals surface area contributed by atoms with Crippen LogP contribution in [-0.2, 0) is 41.7 Å². The number of ether oxygens (including phenoxy) is 4. The van der Waals surface area contributed by atoms with Crippen LogP contribution in [-0.4, -0.2) is 99.1 Å². The molecule has 1 fully saturated rings. The average molecular weight is 583 g/mol. The normalized spacial score (nSPS) is 19.6. The van der Waals surface area contributed by atoms with Gasteiger partial charge in [-0.1, -0.05) is 18.2 Å². The van der Waals surface area contributed by atoms with Crippen LogP contribution in [0.5, 0.6) is 17.2 Å². The van der Waals surface area contributed by atoms with E-state index in [0.29, 0.717) is 23.7 Å². The van der Waals surface area contributed by atoms with Gasteiger partial charge in [0, 0.05) is 40.1 Å². The number of fused-ring (bicyclic) bond motifs is 5. The highest BCUT2D eigenvalue weighted by Crippen LogP contribution is 2.33. The van der Waals surface area contributed by atoms with Gasteiger partial charge >= 0.3 is 0 Å². The third-order valence-electron chi connectivity index (χ3n) is 7.15. The van der Waals surface area contributed by atoms with Gasteiger partial charge in [0.2, 0.25) is 23.6 Å². The molecule has 2 aromatic carbocycles. The number of amides is 4. The maximum absolute atomic E-state index is 13.2. The molecule has 2 aliphatic rings. The first-order chi connectivity index (χ1) is 20.2. The second kappa shape index (κ2) is 14.6. The Labute approximate surface area is 245 Å². The number of hydrogen-bond donors (Lipinski definition) is 2. The Morgan fingerprint density at radius 1 is 1.07 bits per heavy atom. The molecule has 0 spiro atoms. The second-order valence-corrected chi connectivity index (χ2v) is 10.3. The Morgan fingerprint density at radius 2 is 1.90 bits per heavy atom. The number of benzene rings is 2. The van der Waals surface area contributed by atoms with Crippen molar-refractivity contribution in [3.05, 3.63) is 53.6 Å². The lowest BCUT2D eigenvalue weighted by Gasteiger charge is -2.25. The minimum atomic E-state index is -0.515. The molecule has 0 aliphatic carbocycles. The molecule has 4 amide bonds. The van der Waals surface area contributed by atoms with Gasteiger partial charge in [-0.15, -0.1) is 0 Å². The van der Waals surface area contributed by atoms with Gasteiger partial charge in [0.15, 0.2) is 11.5 Å². The van der Waals surface area contributed by atoms with E-state index in [9.17, 15) is 19.2 Å². The highest BCUT2D eigenvalue weighted by Gasteiger charge is 2.37. The highest BCUT2D eigenvalue weighted by molar-refractivity contribution is 5.86. The highest BCUT2D eigenvalue weighted by atomic mass is 16.5. The van der Waals surface area contributed by atoms with Crippen molar-refractivity contribution in [2.24, 2.45) is 0 Å². The quantitative estimate of drug-likeness (QED) is 0.520. The standard InChI is InChI=1S/C30H38N4O8/c1-20(35)31-15-30(38)34-16-24-27(17-34)41-19-22-5-4-6-23(13-22)42-26-14-21(7-9-25(26)40-3)8-10-29(37)33(11-12-39-2)18-28(36)32-24/h4-7,9,13-14,24,27H,8,10-12,15-19H2,1-3H3,(H,31,35)(H,32,36)/t24-,27-/m0/s1. The summed E-state index contributed by atoms with van der Waals surface area (Å²) in [4.78, 5) is 53.5. The van der Waals surface area contributed by atoms with Crippen molar-refractivity contribution in [1.29, 1.82) is 0 Å². The fraction of sp³-hybridized carbons (Fsp3) is 0.467. The van der Waals surface area contributed by atoms with E-state index in [-0.39, 0.29) is 76.0 Å². The Hall–Kier alpha value is -4.16. The van der Waals surface area contributed by atoms with Gasteiger partial charge in [0.1, 0.15) is 5.75 Å². The molecular weight excluding hydrogens is 544 g/mol. The van der Waals surface area contributed by atoms with Crippen LogP contribution in [0.25, 0.3) is 0 Å². The molecule has 2 aromatic rings. The van der Waals surface area contributed by atoms with Crippen LogP contribution in [0.4, 0.5) is 0 Å². The number of likely N-dealkylation sites (tertiary alicyclic amines) is 1. The predicted molar refractivity (Wildman–Crippen MR) is 152 cm³/mol. The summed E-state index contributed by atoms with van der Waals surface area (Å²) in [6.45, 7) is 2.20. The number of aryl methyl sites for hydroxylation is 1. The van der Waals surface area contributed by atoms with Gasteiger partial charge in [-0.05, 0) is 41.8 Å². The first-order valence-corrected chi connectivity index (χ1v) is 13.9. The first kappa shape index (κ1) is 30.8. The molecule has 12 nitrogen and oxygen atoms in total. The Bertz CT molecular complexity index is 1290. The fourth-order valence-electron chi connectivity index (χ4n) is 4.91. The van der Waals surface area contributed by atoms with Crippen molar-refractivity contribution >= 4 is 23.6 Å². The lowest BCUT2D eigenvalue weighted by Crippen LogP contribution is -2.49. The summed E-state index contributed by atoms with van der Waals surface area (Å²) in [5.41, 5.74) is 1.72. The van der Waals surface area contributed by atoms with E-state index in [1.807, 2.05) is 36.4 Å². The zero-order valence-corrected chi connectivity index (χ0v) is 24.2. The molecule has 42 heavy (non-hydrogen) atoms. The van der Waals surface area contributed by atoms with Crippen LogP contribution in [0.2, 0.25) is 0 Å². The van der Waals surface area contributed by atoms with Crippen LogP contribution in [0.1, 0.15) is 24.5 Å². The summed E-state index contributed by atoms with van der Waals surface area (Å²) in [7, 11) is 3.10. The van der Waals surface area contributed by atoms with Crippen molar-refractivity contribution in [3.8, 4) is 17.2 Å². The molecule has 226 valence electrons. The average Bonchev–Trinajstić information content (AvgIpc) is 3.37. The van der Waals surface area contributed by atoms with Gasteiger partial charge in [-0.2, -0.15) is 0 Å². The number of nitrogens with zero attached hydrogens (tertiary/aromatic N) is 2. The van der Waals surface area contributed by atoms with Crippen molar-refractivity contribution in [3.63, 3.8) is 0 Å². The molecule has 0 aromatic heterocycles. The molecule has 4 bridgehead atoms. The maximum Gasteiger partial charge on any atom is 0.242 e. The van der Waals surface area contributed by atoms with Crippen LogP contribution in [0.15, 0.2) is 42.5 Å². The molecule has 0 radical (unpaired) electrons. The lowest BCUT2D eigenvalue weighted by molar-refractivity contribution is -0.137. The molecule has 2 heterocycles. The zero-order valence-electron chi connectivity index (χ0n) is 24.2. The third kappa shape index (κ3) is 8.43. The number of methoxy groups -OCH3 is 2. The van der Waals surface area contributed by atoms with Crippen LogP contribution in [0, 0.1) is 0 Å². The van der Waals surface area contributed by atoms with E-state index in [0.717, 1.165) is 11.1 Å². The van der Waals surface area contributed by atoms with Crippen molar-refractivity contribution in [2.45, 2.75) is 38.5 Å². The number of carbonyl (C=O) groups is 4. The number of rotatable bonds is 6. The van der Waals surface area contributed by atoms with Crippen molar-refractivity contribution in [1.82, 2.24) is 20.4 Å². The summed E-state index contributed by atoms with van der Waals surface area (Å²) in [6, 6.07) is 12.5. The molecule has 0 unspecified atom stereocenters. The minimum Gasteiger partial charge on any atom is -0.493 e. The number of carbonyl (C=O) groups excluding carboxylic acids is 4. The van der Waals surface area contributed by atoms with E-state index in [4.69, 9.17) is 18.9 Å².